The highest BCUT2D eigenvalue weighted by Gasteiger charge is 2.28. The lowest BCUT2D eigenvalue weighted by Crippen LogP contribution is -2.30. The molecule has 1 aromatic heterocycles. The Kier molecular flexibility index (Phi) is 5.75. The first-order valence-corrected chi connectivity index (χ1v) is 7.80. The lowest BCUT2D eigenvalue weighted by Gasteiger charge is -2.21. The van der Waals surface area contributed by atoms with Gasteiger partial charge in [0.1, 0.15) is 11.6 Å². The van der Waals surface area contributed by atoms with E-state index < -0.39 is 0 Å². The number of hydrogen-bond donors (Lipinski definition) is 2. The van der Waals surface area contributed by atoms with Crippen LogP contribution >= 0.6 is 23.2 Å². The van der Waals surface area contributed by atoms with Crippen molar-refractivity contribution < 1.29 is 4.74 Å². The number of hydrogen-bond acceptors (Lipinski definition) is 4. The lowest BCUT2D eigenvalue weighted by molar-refractivity contribution is 0.101. The normalized spacial score (nSPS) is 22.0. The maximum Gasteiger partial charge on any atom is 0.147 e. The Labute approximate surface area is 130 Å². The van der Waals surface area contributed by atoms with Gasteiger partial charge in [-0.05, 0) is 31.7 Å². The van der Waals surface area contributed by atoms with Crippen molar-refractivity contribution in [3.8, 4) is 0 Å². The van der Waals surface area contributed by atoms with Gasteiger partial charge in [-0.15, -0.1) is 0 Å². The van der Waals surface area contributed by atoms with Crippen LogP contribution in [0.5, 0.6) is 0 Å². The van der Waals surface area contributed by atoms with Gasteiger partial charge >= 0.3 is 0 Å². The fourth-order valence-corrected chi connectivity index (χ4v) is 2.96. The molecule has 112 valence electrons. The van der Waals surface area contributed by atoms with Gasteiger partial charge in [-0.1, -0.05) is 30.1 Å². The van der Waals surface area contributed by atoms with Crippen LogP contribution in [-0.4, -0.2) is 30.8 Å². The van der Waals surface area contributed by atoms with Crippen LogP contribution in [-0.2, 0) is 4.74 Å². The van der Waals surface area contributed by atoms with Crippen molar-refractivity contribution in [2.75, 3.05) is 24.3 Å². The highest BCUT2D eigenvalue weighted by Crippen LogP contribution is 2.32. The number of anilines is 2. The highest BCUT2D eigenvalue weighted by atomic mass is 35.5. The molecule has 20 heavy (non-hydrogen) atoms. The number of methoxy groups -OCH3 is 1. The van der Waals surface area contributed by atoms with Crippen molar-refractivity contribution in [3.05, 3.63) is 16.1 Å². The first-order chi connectivity index (χ1) is 9.65. The van der Waals surface area contributed by atoms with Crippen LogP contribution in [0, 0.1) is 0 Å². The third kappa shape index (κ3) is 3.68. The van der Waals surface area contributed by atoms with Gasteiger partial charge < -0.3 is 15.4 Å². The zero-order chi connectivity index (χ0) is 14.5. The SMILES string of the molecule is CCCNc1nc(NC2CCCC2OC)c(Cl)cc1Cl. The second-order valence-electron chi connectivity index (χ2n) is 5.03. The van der Waals surface area contributed by atoms with E-state index in [-0.39, 0.29) is 12.1 Å². The Balaban J connectivity index is 2.14. The average Bonchev–Trinajstić information content (AvgIpc) is 2.87. The Morgan fingerprint density at radius 3 is 2.75 bits per heavy atom. The Morgan fingerprint density at radius 2 is 2.05 bits per heavy atom. The number of halogens is 2. The van der Waals surface area contributed by atoms with Crippen molar-refractivity contribution in [2.45, 2.75) is 44.8 Å². The van der Waals surface area contributed by atoms with E-state index in [9.17, 15) is 0 Å². The number of nitrogens with one attached hydrogen (secondary N) is 2. The summed E-state index contributed by atoms with van der Waals surface area (Å²) in [5.74, 6) is 1.34. The average molecular weight is 318 g/mol. The van der Waals surface area contributed by atoms with E-state index in [1.165, 1.54) is 0 Å². The summed E-state index contributed by atoms with van der Waals surface area (Å²) in [4.78, 5) is 4.50. The fourth-order valence-electron chi connectivity index (χ4n) is 2.48. The van der Waals surface area contributed by atoms with E-state index in [0.717, 1.165) is 32.2 Å². The molecule has 1 aliphatic rings. The second-order valence-corrected chi connectivity index (χ2v) is 5.85. The molecule has 0 saturated heterocycles. The van der Waals surface area contributed by atoms with E-state index in [1.807, 2.05) is 0 Å². The number of rotatable bonds is 6. The zero-order valence-corrected chi connectivity index (χ0v) is 13.4. The van der Waals surface area contributed by atoms with Gasteiger partial charge in [0.25, 0.3) is 0 Å². The molecule has 2 N–H and O–H groups in total. The van der Waals surface area contributed by atoms with Crippen molar-refractivity contribution in [1.29, 1.82) is 0 Å². The summed E-state index contributed by atoms with van der Waals surface area (Å²) in [7, 11) is 1.75. The second kappa shape index (κ2) is 7.34. The predicted octanol–water partition coefficient (Wildman–Crippen LogP) is 4.19. The molecule has 4 nitrogen and oxygen atoms in total. The van der Waals surface area contributed by atoms with Crippen molar-refractivity contribution in [1.82, 2.24) is 4.98 Å². The van der Waals surface area contributed by atoms with Gasteiger partial charge in [-0.3, -0.25) is 0 Å². The van der Waals surface area contributed by atoms with E-state index in [0.29, 0.717) is 21.7 Å². The molecule has 2 rings (SSSR count). The third-order valence-corrected chi connectivity index (χ3v) is 4.13. The van der Waals surface area contributed by atoms with E-state index in [4.69, 9.17) is 27.9 Å². The monoisotopic (exact) mass is 317 g/mol. The van der Waals surface area contributed by atoms with Crippen molar-refractivity contribution in [2.24, 2.45) is 0 Å². The van der Waals surface area contributed by atoms with E-state index in [2.05, 4.69) is 22.5 Å². The molecule has 1 aromatic rings. The number of aromatic nitrogens is 1. The fraction of sp³-hybridized carbons (Fsp3) is 0.643. The maximum absolute atomic E-state index is 6.23. The largest absolute Gasteiger partial charge is 0.379 e. The molecule has 0 amide bonds. The summed E-state index contributed by atoms with van der Waals surface area (Å²) in [6.45, 7) is 2.93. The van der Waals surface area contributed by atoms with Crippen LogP contribution < -0.4 is 10.6 Å². The van der Waals surface area contributed by atoms with Crippen molar-refractivity contribution >= 4 is 34.8 Å². The number of ether oxygens (including phenoxy) is 1. The van der Waals surface area contributed by atoms with Gasteiger partial charge in [0.15, 0.2) is 0 Å². The molecule has 2 atom stereocenters. The summed E-state index contributed by atoms with van der Waals surface area (Å²) >= 11 is 12.4. The molecule has 1 aliphatic carbocycles. The molecule has 1 fully saturated rings. The molecule has 0 aromatic carbocycles. The van der Waals surface area contributed by atoms with E-state index >= 15 is 0 Å². The molecule has 0 radical (unpaired) electrons. The summed E-state index contributed by atoms with van der Waals surface area (Å²) in [6.07, 6.45) is 4.52. The van der Waals surface area contributed by atoms with Gasteiger partial charge in [0.2, 0.25) is 0 Å². The summed E-state index contributed by atoms with van der Waals surface area (Å²) < 4.78 is 5.48. The summed E-state index contributed by atoms with van der Waals surface area (Å²) in [5.41, 5.74) is 0. The van der Waals surface area contributed by atoms with Crippen LogP contribution in [0.4, 0.5) is 11.6 Å². The smallest absolute Gasteiger partial charge is 0.147 e. The molecular formula is C14H21Cl2N3O. The zero-order valence-electron chi connectivity index (χ0n) is 11.9. The third-order valence-electron chi connectivity index (χ3n) is 3.55. The van der Waals surface area contributed by atoms with Crippen LogP contribution in [0.25, 0.3) is 0 Å². The summed E-state index contributed by atoms with van der Waals surface area (Å²) in [5, 5.41) is 7.68. The van der Waals surface area contributed by atoms with Crippen molar-refractivity contribution in [3.63, 3.8) is 0 Å². The highest BCUT2D eigenvalue weighted by molar-refractivity contribution is 6.37. The molecule has 0 bridgehead atoms. The molecule has 0 spiro atoms. The van der Waals surface area contributed by atoms with Gasteiger partial charge in [0, 0.05) is 13.7 Å². The topological polar surface area (TPSA) is 46.2 Å². The van der Waals surface area contributed by atoms with Crippen LogP contribution in [0.2, 0.25) is 10.0 Å². The maximum atomic E-state index is 6.23. The van der Waals surface area contributed by atoms with Crippen LogP contribution in [0.3, 0.4) is 0 Å². The van der Waals surface area contributed by atoms with Crippen LogP contribution in [0.15, 0.2) is 6.07 Å². The van der Waals surface area contributed by atoms with Gasteiger partial charge in [-0.2, -0.15) is 0 Å². The number of pyridine rings is 1. The minimum absolute atomic E-state index is 0.218. The molecular weight excluding hydrogens is 297 g/mol. The summed E-state index contributed by atoms with van der Waals surface area (Å²) in [6, 6.07) is 1.98. The Morgan fingerprint density at radius 1 is 1.30 bits per heavy atom. The number of nitrogens with zero attached hydrogens (tertiary/aromatic N) is 1. The van der Waals surface area contributed by atoms with E-state index in [1.54, 1.807) is 13.2 Å². The first kappa shape index (κ1) is 15.7. The molecule has 1 saturated carbocycles. The molecule has 1 heterocycles. The Hall–Kier alpha value is -0.710. The Bertz CT molecular complexity index is 456. The standard InChI is InChI=1S/C14H21Cl2N3O/c1-3-7-17-13-9(15)8-10(16)14(19-13)18-11-5-4-6-12(11)20-2/h8,11-12H,3-7H2,1-2H3,(H2,17,18,19). The molecule has 6 heteroatoms. The van der Waals surface area contributed by atoms with Crippen LogP contribution in [0.1, 0.15) is 32.6 Å². The molecule has 0 aliphatic heterocycles. The molecule has 2 unspecified atom stereocenters. The first-order valence-electron chi connectivity index (χ1n) is 7.05. The minimum atomic E-state index is 0.218. The minimum Gasteiger partial charge on any atom is -0.379 e. The lowest BCUT2D eigenvalue weighted by atomic mass is 10.2. The predicted molar refractivity (Wildman–Crippen MR) is 85.1 cm³/mol. The van der Waals surface area contributed by atoms with Gasteiger partial charge in [-0.25, -0.2) is 4.98 Å². The van der Waals surface area contributed by atoms with Gasteiger partial charge in [0.05, 0.1) is 22.2 Å². The quantitative estimate of drug-likeness (QED) is 0.825.